The van der Waals surface area contributed by atoms with Crippen LogP contribution in [0.1, 0.15) is 17.2 Å². The maximum Gasteiger partial charge on any atom is 0.225 e. The smallest absolute Gasteiger partial charge is 0.225 e. The van der Waals surface area contributed by atoms with Crippen LogP contribution >= 0.6 is 0 Å². The van der Waals surface area contributed by atoms with E-state index in [1.807, 2.05) is 20.9 Å². The first-order valence-electron chi connectivity index (χ1n) is 5.07. The van der Waals surface area contributed by atoms with E-state index < -0.39 is 5.91 Å². The van der Waals surface area contributed by atoms with E-state index in [-0.39, 0.29) is 6.42 Å². The third kappa shape index (κ3) is 2.01. The normalized spacial score (nSPS) is 10.8. The lowest BCUT2D eigenvalue weighted by atomic mass is 10.3. The molecule has 0 saturated heterocycles. The topological polar surface area (TPSA) is 105 Å². The Morgan fingerprint density at radius 3 is 2.59 bits per heavy atom. The minimum absolute atomic E-state index is 0.0155. The standard InChI is InChI=1S/C9H13N7O/c1-5-9(6(2)15(3)12-5)16-13-8(11-14-16)4-7(10)17/h4H2,1-3H3,(H2,10,17). The van der Waals surface area contributed by atoms with Crippen molar-refractivity contribution in [3.8, 4) is 5.69 Å². The van der Waals surface area contributed by atoms with Gasteiger partial charge < -0.3 is 5.73 Å². The van der Waals surface area contributed by atoms with E-state index in [1.165, 1.54) is 4.80 Å². The Bertz CT molecular complexity index is 568. The largest absolute Gasteiger partial charge is 0.369 e. The molecule has 0 aliphatic rings. The summed E-state index contributed by atoms with van der Waals surface area (Å²) in [5.41, 5.74) is 7.56. The van der Waals surface area contributed by atoms with Crippen molar-refractivity contribution < 1.29 is 4.79 Å². The number of carbonyl (C=O) groups excluding carboxylic acids is 1. The highest BCUT2D eigenvalue weighted by molar-refractivity contribution is 5.75. The van der Waals surface area contributed by atoms with Crippen LogP contribution in [-0.4, -0.2) is 35.9 Å². The van der Waals surface area contributed by atoms with E-state index in [1.54, 1.807) is 4.68 Å². The lowest BCUT2D eigenvalue weighted by Gasteiger charge is -1.97. The van der Waals surface area contributed by atoms with Crippen molar-refractivity contribution in [2.45, 2.75) is 20.3 Å². The lowest BCUT2D eigenvalue weighted by Crippen LogP contribution is -2.14. The molecule has 0 atom stereocenters. The van der Waals surface area contributed by atoms with Crippen LogP contribution in [0.5, 0.6) is 0 Å². The first kappa shape index (κ1) is 11.2. The summed E-state index contributed by atoms with van der Waals surface area (Å²) in [6.07, 6.45) is -0.0155. The van der Waals surface area contributed by atoms with Crippen LogP contribution in [0.4, 0.5) is 0 Å². The van der Waals surface area contributed by atoms with Gasteiger partial charge in [-0.15, -0.1) is 15.0 Å². The second-order valence-electron chi connectivity index (χ2n) is 3.78. The van der Waals surface area contributed by atoms with Crippen molar-refractivity contribution in [1.29, 1.82) is 0 Å². The maximum atomic E-state index is 10.7. The number of rotatable bonds is 3. The summed E-state index contributed by atoms with van der Waals surface area (Å²) in [5, 5.41) is 16.0. The van der Waals surface area contributed by atoms with Gasteiger partial charge in [-0.1, -0.05) is 0 Å². The molecule has 1 amide bonds. The number of carbonyl (C=O) groups is 1. The van der Waals surface area contributed by atoms with Gasteiger partial charge in [-0.3, -0.25) is 9.48 Å². The van der Waals surface area contributed by atoms with Gasteiger partial charge in [-0.05, 0) is 19.1 Å². The molecule has 8 heteroatoms. The predicted octanol–water partition coefficient (Wildman–Crippen LogP) is -0.960. The van der Waals surface area contributed by atoms with Gasteiger partial charge in [0.05, 0.1) is 17.8 Å². The van der Waals surface area contributed by atoms with Gasteiger partial charge >= 0.3 is 0 Å². The number of hydrogen-bond donors (Lipinski definition) is 1. The van der Waals surface area contributed by atoms with Crippen molar-refractivity contribution in [1.82, 2.24) is 30.0 Å². The summed E-state index contributed by atoms with van der Waals surface area (Å²) < 4.78 is 1.74. The van der Waals surface area contributed by atoms with Crippen LogP contribution in [0, 0.1) is 13.8 Å². The fraction of sp³-hybridized carbons (Fsp3) is 0.444. The molecule has 0 fully saturated rings. The fourth-order valence-corrected chi connectivity index (χ4v) is 1.62. The van der Waals surface area contributed by atoms with Crippen molar-refractivity contribution in [2.75, 3.05) is 0 Å². The molecular formula is C9H13N7O. The Morgan fingerprint density at radius 1 is 1.35 bits per heavy atom. The highest BCUT2D eigenvalue weighted by atomic mass is 16.1. The third-order valence-electron chi connectivity index (χ3n) is 2.46. The maximum absolute atomic E-state index is 10.7. The number of amides is 1. The number of aromatic nitrogens is 6. The highest BCUT2D eigenvalue weighted by Gasteiger charge is 2.15. The van der Waals surface area contributed by atoms with E-state index in [0.717, 1.165) is 17.1 Å². The van der Waals surface area contributed by atoms with Crippen molar-refractivity contribution in [3.05, 3.63) is 17.2 Å². The fourth-order valence-electron chi connectivity index (χ4n) is 1.62. The van der Waals surface area contributed by atoms with Crippen molar-refractivity contribution in [2.24, 2.45) is 12.8 Å². The summed E-state index contributed by atoms with van der Waals surface area (Å²) in [5.74, 6) is -0.177. The number of primary amides is 1. The van der Waals surface area contributed by atoms with Gasteiger partial charge in [0, 0.05) is 7.05 Å². The van der Waals surface area contributed by atoms with Crippen molar-refractivity contribution >= 4 is 5.91 Å². The van der Waals surface area contributed by atoms with Crippen LogP contribution in [0.25, 0.3) is 5.69 Å². The Morgan fingerprint density at radius 2 is 2.06 bits per heavy atom. The summed E-state index contributed by atoms with van der Waals surface area (Å²) in [6, 6.07) is 0. The van der Waals surface area contributed by atoms with Gasteiger partial charge in [-0.25, -0.2) is 0 Å². The number of aryl methyl sites for hydroxylation is 2. The molecule has 2 rings (SSSR count). The molecule has 0 spiro atoms. The van der Waals surface area contributed by atoms with Gasteiger partial charge in [-0.2, -0.15) is 5.10 Å². The molecule has 0 bridgehead atoms. The van der Waals surface area contributed by atoms with Crippen molar-refractivity contribution in [3.63, 3.8) is 0 Å². The summed E-state index contributed by atoms with van der Waals surface area (Å²) >= 11 is 0. The molecule has 0 unspecified atom stereocenters. The zero-order chi connectivity index (χ0) is 12.6. The molecule has 90 valence electrons. The second-order valence-corrected chi connectivity index (χ2v) is 3.78. The van der Waals surface area contributed by atoms with Crippen LogP contribution in [0.2, 0.25) is 0 Å². The Kier molecular flexibility index (Phi) is 2.62. The average Bonchev–Trinajstić information content (AvgIpc) is 2.73. The Labute approximate surface area is 97.4 Å². The van der Waals surface area contributed by atoms with E-state index >= 15 is 0 Å². The first-order chi connectivity index (χ1) is 7.99. The van der Waals surface area contributed by atoms with E-state index in [2.05, 4.69) is 20.5 Å². The predicted molar refractivity (Wildman–Crippen MR) is 58.3 cm³/mol. The average molecular weight is 235 g/mol. The Balaban J connectivity index is 2.40. The number of hydrogen-bond acceptors (Lipinski definition) is 5. The van der Waals surface area contributed by atoms with E-state index in [9.17, 15) is 4.79 Å². The minimum Gasteiger partial charge on any atom is -0.369 e. The van der Waals surface area contributed by atoms with Crippen LogP contribution in [-0.2, 0) is 18.3 Å². The van der Waals surface area contributed by atoms with E-state index in [0.29, 0.717) is 5.82 Å². The molecule has 8 nitrogen and oxygen atoms in total. The zero-order valence-corrected chi connectivity index (χ0v) is 9.88. The zero-order valence-electron chi connectivity index (χ0n) is 9.88. The molecule has 2 N–H and O–H groups in total. The molecule has 0 aliphatic heterocycles. The highest BCUT2D eigenvalue weighted by Crippen LogP contribution is 2.14. The van der Waals surface area contributed by atoms with Crippen LogP contribution in [0.15, 0.2) is 0 Å². The lowest BCUT2D eigenvalue weighted by molar-refractivity contribution is -0.117. The number of nitrogens with zero attached hydrogens (tertiary/aromatic N) is 6. The number of tetrazole rings is 1. The third-order valence-corrected chi connectivity index (χ3v) is 2.46. The Hall–Kier alpha value is -2.25. The monoisotopic (exact) mass is 235 g/mol. The summed E-state index contributed by atoms with van der Waals surface area (Å²) in [7, 11) is 1.84. The van der Waals surface area contributed by atoms with Gasteiger partial charge in [0.1, 0.15) is 5.69 Å². The second kappa shape index (κ2) is 3.96. The SMILES string of the molecule is Cc1nn(C)c(C)c1-n1nnc(CC(N)=O)n1. The first-order valence-corrected chi connectivity index (χ1v) is 5.07. The van der Waals surface area contributed by atoms with E-state index in [4.69, 9.17) is 5.73 Å². The molecule has 2 aromatic heterocycles. The summed E-state index contributed by atoms with van der Waals surface area (Å²) in [4.78, 5) is 12.1. The molecule has 0 saturated carbocycles. The number of nitrogens with two attached hydrogens (primary N) is 1. The molecular weight excluding hydrogens is 222 g/mol. The van der Waals surface area contributed by atoms with Gasteiger partial charge in [0.2, 0.25) is 5.91 Å². The van der Waals surface area contributed by atoms with Crippen LogP contribution in [0.3, 0.4) is 0 Å². The quantitative estimate of drug-likeness (QED) is 0.737. The van der Waals surface area contributed by atoms with Gasteiger partial charge in [0.25, 0.3) is 0 Å². The minimum atomic E-state index is -0.482. The molecule has 2 aromatic rings. The molecule has 2 heterocycles. The molecule has 17 heavy (non-hydrogen) atoms. The van der Waals surface area contributed by atoms with Gasteiger partial charge in [0.15, 0.2) is 5.82 Å². The molecule has 0 aromatic carbocycles. The van der Waals surface area contributed by atoms with Crippen LogP contribution < -0.4 is 5.73 Å². The molecule has 0 radical (unpaired) electrons. The summed E-state index contributed by atoms with van der Waals surface area (Å²) in [6.45, 7) is 3.77. The molecule has 0 aliphatic carbocycles.